The van der Waals surface area contributed by atoms with E-state index in [2.05, 4.69) is 25.7 Å². The number of nitrogens with zero attached hydrogens (tertiary/aromatic N) is 5. The molecule has 132 valence electrons. The molecule has 0 N–H and O–H groups in total. The molecule has 25 heavy (non-hydrogen) atoms. The van der Waals surface area contributed by atoms with Gasteiger partial charge in [0.25, 0.3) is 5.56 Å². The Labute approximate surface area is 147 Å². The summed E-state index contributed by atoms with van der Waals surface area (Å²) in [5.74, 6) is 1.71. The Bertz CT molecular complexity index is 829. The molecule has 0 atom stereocenters. The van der Waals surface area contributed by atoms with Gasteiger partial charge >= 0.3 is 0 Å². The number of hydrogen-bond donors (Lipinski definition) is 0. The average Bonchev–Trinajstić information content (AvgIpc) is 3.32. The summed E-state index contributed by atoms with van der Waals surface area (Å²) in [6.07, 6.45) is 11.0. The minimum absolute atomic E-state index is 0.0726. The Morgan fingerprint density at radius 1 is 1.16 bits per heavy atom. The van der Waals surface area contributed by atoms with Crippen molar-refractivity contribution < 1.29 is 0 Å². The van der Waals surface area contributed by atoms with Gasteiger partial charge in [-0.3, -0.25) is 9.69 Å². The lowest BCUT2D eigenvalue weighted by Gasteiger charge is -2.39. The van der Waals surface area contributed by atoms with Crippen molar-refractivity contribution in [2.24, 2.45) is 5.92 Å². The van der Waals surface area contributed by atoms with Gasteiger partial charge in [-0.2, -0.15) is 5.10 Å². The summed E-state index contributed by atoms with van der Waals surface area (Å²) in [5, 5.41) is 4.65. The summed E-state index contributed by atoms with van der Waals surface area (Å²) in [7, 11) is 0. The second kappa shape index (κ2) is 6.09. The molecule has 2 aliphatic carbocycles. The Morgan fingerprint density at radius 3 is 2.84 bits per heavy atom. The standard InChI is InChI=1S/C19H25N5O/c25-19-9-15-3-1-2-4-17(15)21-24(19)12-14-10-22(11-14)13-18-20-7-8-23(18)16-5-6-16/h7-9,14,16H,1-6,10-13H2. The van der Waals surface area contributed by atoms with Crippen LogP contribution in [0.25, 0.3) is 0 Å². The van der Waals surface area contributed by atoms with Crippen molar-refractivity contribution in [1.29, 1.82) is 0 Å². The Balaban J connectivity index is 1.20. The lowest BCUT2D eigenvalue weighted by Crippen LogP contribution is -2.49. The number of aromatic nitrogens is 4. The van der Waals surface area contributed by atoms with E-state index in [9.17, 15) is 4.79 Å². The van der Waals surface area contributed by atoms with Gasteiger partial charge in [-0.15, -0.1) is 0 Å². The molecule has 2 fully saturated rings. The Hall–Kier alpha value is -1.95. The third-order valence-corrected chi connectivity index (χ3v) is 5.79. The number of aryl methyl sites for hydroxylation is 2. The Kier molecular flexibility index (Phi) is 3.73. The second-order valence-corrected chi connectivity index (χ2v) is 7.89. The summed E-state index contributed by atoms with van der Waals surface area (Å²) in [5.41, 5.74) is 2.39. The molecule has 6 nitrogen and oxygen atoms in total. The van der Waals surface area contributed by atoms with Gasteiger partial charge in [0.05, 0.1) is 18.8 Å². The third kappa shape index (κ3) is 3.03. The molecule has 6 heteroatoms. The molecule has 3 aliphatic rings. The molecule has 2 aromatic heterocycles. The van der Waals surface area contributed by atoms with E-state index < -0.39 is 0 Å². The van der Waals surface area contributed by atoms with Gasteiger partial charge in [0.2, 0.25) is 0 Å². The normalized spacial score (nSPS) is 21.1. The van der Waals surface area contributed by atoms with Crippen LogP contribution in [0, 0.1) is 5.92 Å². The molecule has 2 aromatic rings. The van der Waals surface area contributed by atoms with Crippen molar-refractivity contribution in [2.75, 3.05) is 13.1 Å². The summed E-state index contributed by atoms with van der Waals surface area (Å²) in [6.45, 7) is 3.73. The third-order valence-electron chi connectivity index (χ3n) is 5.79. The van der Waals surface area contributed by atoms with E-state index in [-0.39, 0.29) is 5.56 Å². The summed E-state index contributed by atoms with van der Waals surface area (Å²) < 4.78 is 4.04. The Morgan fingerprint density at radius 2 is 2.00 bits per heavy atom. The zero-order chi connectivity index (χ0) is 16.8. The SMILES string of the molecule is O=c1cc2c(nn1CC1CN(Cc3nccn3C3CC3)C1)CCCC2. The fraction of sp³-hybridized carbons (Fsp3) is 0.632. The van der Waals surface area contributed by atoms with Crippen LogP contribution in [0.4, 0.5) is 0 Å². The van der Waals surface area contributed by atoms with E-state index >= 15 is 0 Å². The molecule has 1 aliphatic heterocycles. The zero-order valence-corrected chi connectivity index (χ0v) is 14.6. The first-order valence-electron chi connectivity index (χ1n) is 9.60. The summed E-state index contributed by atoms with van der Waals surface area (Å²) >= 11 is 0. The quantitative estimate of drug-likeness (QED) is 0.833. The molecule has 0 radical (unpaired) electrons. The fourth-order valence-electron chi connectivity index (χ4n) is 4.25. The van der Waals surface area contributed by atoms with Gasteiger partial charge in [-0.1, -0.05) is 0 Å². The molecule has 1 saturated carbocycles. The van der Waals surface area contributed by atoms with Crippen molar-refractivity contribution in [3.8, 4) is 0 Å². The summed E-state index contributed by atoms with van der Waals surface area (Å²) in [4.78, 5) is 19.3. The van der Waals surface area contributed by atoms with E-state index in [4.69, 9.17) is 0 Å². The van der Waals surface area contributed by atoms with Crippen LogP contribution in [-0.2, 0) is 25.9 Å². The van der Waals surface area contributed by atoms with Crippen LogP contribution in [0.15, 0.2) is 23.3 Å². The molecular weight excluding hydrogens is 314 g/mol. The van der Waals surface area contributed by atoms with E-state index in [1.165, 1.54) is 37.1 Å². The molecule has 0 spiro atoms. The molecule has 1 saturated heterocycles. The smallest absolute Gasteiger partial charge is 0.267 e. The van der Waals surface area contributed by atoms with Gasteiger partial charge in [0.15, 0.2) is 0 Å². The first kappa shape index (κ1) is 15.3. The number of likely N-dealkylation sites (tertiary alicyclic amines) is 1. The number of imidazole rings is 1. The second-order valence-electron chi connectivity index (χ2n) is 7.89. The van der Waals surface area contributed by atoms with Gasteiger partial charge in [0.1, 0.15) is 5.82 Å². The van der Waals surface area contributed by atoms with Crippen LogP contribution in [0.2, 0.25) is 0 Å². The predicted molar refractivity (Wildman–Crippen MR) is 94.4 cm³/mol. The largest absolute Gasteiger partial charge is 0.331 e. The minimum Gasteiger partial charge on any atom is -0.331 e. The first-order chi connectivity index (χ1) is 12.3. The predicted octanol–water partition coefficient (Wildman–Crippen LogP) is 1.79. The lowest BCUT2D eigenvalue weighted by atomic mass is 9.96. The first-order valence-corrected chi connectivity index (χ1v) is 9.60. The molecule has 5 rings (SSSR count). The van der Waals surface area contributed by atoms with Crippen molar-refractivity contribution >= 4 is 0 Å². The van der Waals surface area contributed by atoms with Gasteiger partial charge in [-0.05, 0) is 44.1 Å². The highest BCUT2D eigenvalue weighted by molar-refractivity contribution is 5.20. The van der Waals surface area contributed by atoms with Crippen LogP contribution in [0.5, 0.6) is 0 Å². The van der Waals surface area contributed by atoms with E-state index in [1.54, 1.807) is 4.68 Å². The van der Waals surface area contributed by atoms with Crippen LogP contribution in [0.1, 0.15) is 48.8 Å². The van der Waals surface area contributed by atoms with E-state index in [0.29, 0.717) is 12.0 Å². The van der Waals surface area contributed by atoms with Crippen molar-refractivity contribution in [1.82, 2.24) is 24.2 Å². The van der Waals surface area contributed by atoms with Gasteiger partial charge < -0.3 is 4.57 Å². The molecule has 0 bridgehead atoms. The van der Waals surface area contributed by atoms with Gasteiger partial charge in [-0.25, -0.2) is 9.67 Å². The highest BCUT2D eigenvalue weighted by Crippen LogP contribution is 2.36. The van der Waals surface area contributed by atoms with E-state index in [0.717, 1.165) is 44.7 Å². The van der Waals surface area contributed by atoms with Crippen LogP contribution in [0.3, 0.4) is 0 Å². The highest BCUT2D eigenvalue weighted by atomic mass is 16.1. The molecule has 3 heterocycles. The monoisotopic (exact) mass is 339 g/mol. The number of fused-ring (bicyclic) bond motifs is 1. The van der Waals surface area contributed by atoms with Crippen molar-refractivity contribution in [3.63, 3.8) is 0 Å². The zero-order valence-electron chi connectivity index (χ0n) is 14.6. The number of hydrogen-bond acceptors (Lipinski definition) is 4. The van der Waals surface area contributed by atoms with Crippen LogP contribution < -0.4 is 5.56 Å². The lowest BCUT2D eigenvalue weighted by molar-refractivity contribution is 0.0727. The molecular formula is C19H25N5O. The maximum absolute atomic E-state index is 12.3. The van der Waals surface area contributed by atoms with Crippen molar-refractivity contribution in [3.05, 3.63) is 45.9 Å². The van der Waals surface area contributed by atoms with E-state index in [1.807, 2.05) is 12.3 Å². The molecule has 0 unspecified atom stereocenters. The number of rotatable bonds is 5. The van der Waals surface area contributed by atoms with Crippen LogP contribution in [-0.4, -0.2) is 37.3 Å². The van der Waals surface area contributed by atoms with Crippen LogP contribution >= 0.6 is 0 Å². The molecule has 0 amide bonds. The highest BCUT2D eigenvalue weighted by Gasteiger charge is 2.31. The van der Waals surface area contributed by atoms with Crippen molar-refractivity contribution in [2.45, 2.75) is 57.7 Å². The summed E-state index contributed by atoms with van der Waals surface area (Å²) in [6, 6.07) is 2.51. The fourth-order valence-corrected chi connectivity index (χ4v) is 4.25. The average molecular weight is 339 g/mol. The maximum Gasteiger partial charge on any atom is 0.267 e. The topological polar surface area (TPSA) is 56.0 Å². The maximum atomic E-state index is 12.3. The minimum atomic E-state index is 0.0726. The molecule has 0 aromatic carbocycles. The van der Waals surface area contributed by atoms with Gasteiger partial charge in [0, 0.05) is 43.5 Å².